The molecule has 1 atom stereocenters. The van der Waals surface area contributed by atoms with Gasteiger partial charge in [0.05, 0.1) is 12.2 Å². The fraction of sp³-hybridized carbons (Fsp3) is 0.750. The van der Waals surface area contributed by atoms with E-state index in [1.54, 1.807) is 0 Å². The van der Waals surface area contributed by atoms with Crippen LogP contribution in [0.3, 0.4) is 0 Å². The lowest BCUT2D eigenvalue weighted by molar-refractivity contribution is 0.168. The molecule has 0 aromatic carbocycles. The summed E-state index contributed by atoms with van der Waals surface area (Å²) < 4.78 is 11.0. The van der Waals surface area contributed by atoms with E-state index in [9.17, 15) is 0 Å². The molecule has 0 saturated heterocycles. The van der Waals surface area contributed by atoms with Gasteiger partial charge in [-0.15, -0.1) is 4.98 Å². The van der Waals surface area contributed by atoms with Crippen molar-refractivity contribution in [3.63, 3.8) is 0 Å². The van der Waals surface area contributed by atoms with Gasteiger partial charge < -0.3 is 9.47 Å². The van der Waals surface area contributed by atoms with E-state index in [1.807, 2.05) is 20.8 Å². The topological polar surface area (TPSA) is 57.1 Å². The average Bonchev–Trinajstić information content (AvgIpc) is 2.12. The SMILES string of the molecule is CC(C)CC(C)Oc1nc(Cl)nc(OC(C)C)n1. The molecule has 1 aromatic rings. The molecule has 102 valence electrons. The number of hydrogen-bond acceptors (Lipinski definition) is 5. The van der Waals surface area contributed by atoms with Crippen LogP contribution >= 0.6 is 11.6 Å². The Bertz CT molecular complexity index is 386. The summed E-state index contributed by atoms with van der Waals surface area (Å²) in [6, 6.07) is 0.399. The van der Waals surface area contributed by atoms with Crippen molar-refractivity contribution in [1.82, 2.24) is 15.0 Å². The predicted molar refractivity (Wildman–Crippen MR) is 70.1 cm³/mol. The summed E-state index contributed by atoms with van der Waals surface area (Å²) in [6.45, 7) is 10.0. The Hall–Kier alpha value is -1.10. The molecule has 1 heterocycles. The Morgan fingerprint density at radius 2 is 1.50 bits per heavy atom. The minimum Gasteiger partial charge on any atom is -0.461 e. The highest BCUT2D eigenvalue weighted by molar-refractivity contribution is 6.28. The van der Waals surface area contributed by atoms with Crippen molar-refractivity contribution in [2.24, 2.45) is 5.92 Å². The van der Waals surface area contributed by atoms with Gasteiger partial charge in [-0.1, -0.05) is 13.8 Å². The van der Waals surface area contributed by atoms with E-state index in [2.05, 4.69) is 28.8 Å². The van der Waals surface area contributed by atoms with Crippen molar-refractivity contribution in [1.29, 1.82) is 0 Å². The number of aromatic nitrogens is 3. The lowest BCUT2D eigenvalue weighted by Gasteiger charge is -2.15. The Morgan fingerprint density at radius 3 is 2.00 bits per heavy atom. The standard InChI is InChI=1S/C12H20ClN3O2/c1-7(2)6-9(5)18-12-15-10(13)14-11(16-12)17-8(3)4/h7-9H,6H2,1-5H3. The van der Waals surface area contributed by atoms with Crippen molar-refractivity contribution in [3.05, 3.63) is 5.28 Å². The first kappa shape index (κ1) is 15.0. The zero-order valence-electron chi connectivity index (χ0n) is 11.5. The first-order valence-corrected chi connectivity index (χ1v) is 6.49. The Morgan fingerprint density at radius 1 is 0.944 bits per heavy atom. The maximum atomic E-state index is 5.80. The van der Waals surface area contributed by atoms with Crippen molar-refractivity contribution >= 4 is 11.6 Å². The molecule has 0 amide bonds. The number of halogens is 1. The van der Waals surface area contributed by atoms with Gasteiger partial charge in [0.25, 0.3) is 0 Å². The molecule has 0 saturated carbocycles. The smallest absolute Gasteiger partial charge is 0.324 e. The maximum absolute atomic E-state index is 5.80. The minimum atomic E-state index is -0.0237. The Kier molecular flexibility index (Phi) is 5.59. The molecule has 5 nitrogen and oxygen atoms in total. The second kappa shape index (κ2) is 6.73. The number of ether oxygens (including phenoxy) is 2. The van der Waals surface area contributed by atoms with E-state index in [0.29, 0.717) is 5.92 Å². The van der Waals surface area contributed by atoms with Crippen molar-refractivity contribution in [2.45, 2.75) is 53.2 Å². The lowest BCUT2D eigenvalue weighted by atomic mass is 10.1. The molecule has 0 bridgehead atoms. The van der Waals surface area contributed by atoms with Gasteiger partial charge in [-0.05, 0) is 44.7 Å². The first-order valence-electron chi connectivity index (χ1n) is 6.11. The number of hydrogen-bond donors (Lipinski definition) is 0. The summed E-state index contributed by atoms with van der Waals surface area (Å²) in [5, 5.41) is 0.0763. The van der Waals surface area contributed by atoms with Crippen LogP contribution in [0.5, 0.6) is 12.0 Å². The minimum absolute atomic E-state index is 0.0235. The fourth-order valence-corrected chi connectivity index (χ4v) is 1.67. The predicted octanol–water partition coefficient (Wildman–Crippen LogP) is 3.13. The van der Waals surface area contributed by atoms with Crippen molar-refractivity contribution < 1.29 is 9.47 Å². The largest absolute Gasteiger partial charge is 0.461 e. The Labute approximate surface area is 113 Å². The normalized spacial score (nSPS) is 12.9. The molecule has 0 aliphatic carbocycles. The second-order valence-electron chi connectivity index (χ2n) is 4.89. The van der Waals surface area contributed by atoms with Gasteiger partial charge in [-0.25, -0.2) is 0 Å². The van der Waals surface area contributed by atoms with Crippen LogP contribution in [0.4, 0.5) is 0 Å². The highest BCUT2D eigenvalue weighted by Gasteiger charge is 2.12. The van der Waals surface area contributed by atoms with E-state index in [0.717, 1.165) is 6.42 Å². The summed E-state index contributed by atoms with van der Waals surface area (Å²) in [4.78, 5) is 11.9. The van der Waals surface area contributed by atoms with Gasteiger partial charge in [0.1, 0.15) is 0 Å². The molecule has 0 radical (unpaired) electrons. The number of rotatable bonds is 6. The third kappa shape index (κ3) is 5.49. The quantitative estimate of drug-likeness (QED) is 0.797. The molecule has 1 rings (SSSR count). The van der Waals surface area contributed by atoms with Crippen molar-refractivity contribution in [2.75, 3.05) is 0 Å². The third-order valence-electron chi connectivity index (χ3n) is 2.02. The lowest BCUT2D eigenvalue weighted by Crippen LogP contribution is -2.17. The van der Waals surface area contributed by atoms with Crippen LogP contribution in [0.2, 0.25) is 5.28 Å². The van der Waals surface area contributed by atoms with Gasteiger partial charge in [-0.2, -0.15) is 9.97 Å². The molecule has 0 N–H and O–H groups in total. The van der Waals surface area contributed by atoms with Crippen LogP contribution in [0.25, 0.3) is 0 Å². The molecule has 0 aliphatic rings. The molecule has 6 heteroatoms. The van der Waals surface area contributed by atoms with Crippen molar-refractivity contribution in [3.8, 4) is 12.0 Å². The van der Waals surface area contributed by atoms with E-state index in [1.165, 1.54) is 0 Å². The molecule has 0 aliphatic heterocycles. The van der Waals surface area contributed by atoms with E-state index < -0.39 is 0 Å². The van der Waals surface area contributed by atoms with Gasteiger partial charge in [0.15, 0.2) is 0 Å². The van der Waals surface area contributed by atoms with Gasteiger partial charge in [0.2, 0.25) is 5.28 Å². The third-order valence-corrected chi connectivity index (χ3v) is 2.19. The summed E-state index contributed by atoms with van der Waals surface area (Å²) >= 11 is 5.80. The molecule has 1 unspecified atom stereocenters. The van der Waals surface area contributed by atoms with Crippen LogP contribution < -0.4 is 9.47 Å². The molecule has 0 spiro atoms. The molecular formula is C12H20ClN3O2. The zero-order valence-corrected chi connectivity index (χ0v) is 12.2. The maximum Gasteiger partial charge on any atom is 0.324 e. The van der Waals surface area contributed by atoms with Crippen LogP contribution in [0.1, 0.15) is 41.0 Å². The highest BCUT2D eigenvalue weighted by Crippen LogP contribution is 2.17. The fourth-order valence-electron chi connectivity index (χ4n) is 1.52. The van der Waals surface area contributed by atoms with E-state index in [-0.39, 0.29) is 29.5 Å². The summed E-state index contributed by atoms with van der Waals surface area (Å²) in [5.41, 5.74) is 0. The van der Waals surface area contributed by atoms with Gasteiger partial charge in [-0.3, -0.25) is 0 Å². The highest BCUT2D eigenvalue weighted by atomic mass is 35.5. The summed E-state index contributed by atoms with van der Waals surface area (Å²) in [7, 11) is 0. The Balaban J connectivity index is 2.73. The van der Waals surface area contributed by atoms with E-state index in [4.69, 9.17) is 21.1 Å². The van der Waals surface area contributed by atoms with Crippen LogP contribution in [0.15, 0.2) is 0 Å². The monoisotopic (exact) mass is 273 g/mol. The molecule has 1 aromatic heterocycles. The van der Waals surface area contributed by atoms with Gasteiger partial charge >= 0.3 is 12.0 Å². The van der Waals surface area contributed by atoms with E-state index >= 15 is 0 Å². The molecular weight excluding hydrogens is 254 g/mol. The first-order chi connectivity index (χ1) is 8.36. The van der Waals surface area contributed by atoms with Crippen LogP contribution in [-0.4, -0.2) is 27.2 Å². The molecule has 0 fully saturated rings. The van der Waals surface area contributed by atoms with Crippen LogP contribution in [-0.2, 0) is 0 Å². The molecule has 18 heavy (non-hydrogen) atoms. The van der Waals surface area contributed by atoms with Gasteiger partial charge in [0, 0.05) is 0 Å². The summed E-state index contributed by atoms with van der Waals surface area (Å²) in [6.07, 6.45) is 0.920. The van der Waals surface area contributed by atoms with Crippen LogP contribution in [0, 0.1) is 5.92 Å². The second-order valence-corrected chi connectivity index (χ2v) is 5.23. The summed E-state index contributed by atoms with van der Waals surface area (Å²) in [5.74, 6) is 0.545. The average molecular weight is 274 g/mol. The zero-order chi connectivity index (χ0) is 13.7. The number of nitrogens with zero attached hydrogens (tertiary/aromatic N) is 3.